The molecular weight excluding hydrogens is 224 g/mol. The van der Waals surface area contributed by atoms with Gasteiger partial charge in [-0.15, -0.1) is 0 Å². The first kappa shape index (κ1) is 11.7. The number of nitrogens with zero attached hydrogens (tertiary/aromatic N) is 1. The van der Waals surface area contributed by atoms with Crippen LogP contribution in [0.4, 0.5) is 0 Å². The van der Waals surface area contributed by atoms with Crippen LogP contribution >= 0.6 is 0 Å². The molecule has 1 amide bonds. The smallest absolute Gasteiger partial charge is 0.230 e. The van der Waals surface area contributed by atoms with E-state index in [4.69, 9.17) is 0 Å². The molecule has 18 heavy (non-hydrogen) atoms. The third-order valence-corrected chi connectivity index (χ3v) is 4.24. The van der Waals surface area contributed by atoms with Gasteiger partial charge in [-0.3, -0.25) is 4.79 Å². The van der Waals surface area contributed by atoms with Gasteiger partial charge in [-0.25, -0.2) is 0 Å². The van der Waals surface area contributed by atoms with Gasteiger partial charge in [0.15, 0.2) is 0 Å². The van der Waals surface area contributed by atoms with Crippen LogP contribution in [0.2, 0.25) is 0 Å². The van der Waals surface area contributed by atoms with E-state index in [1.807, 2.05) is 13.1 Å². The molecule has 3 nitrogen and oxygen atoms in total. The summed E-state index contributed by atoms with van der Waals surface area (Å²) in [7, 11) is 1.98. The molecule has 1 saturated heterocycles. The van der Waals surface area contributed by atoms with E-state index in [2.05, 4.69) is 28.4 Å². The molecule has 3 rings (SSSR count). The normalized spacial score (nSPS) is 25.7. The summed E-state index contributed by atoms with van der Waals surface area (Å²) in [4.78, 5) is 14.5. The lowest BCUT2D eigenvalue weighted by atomic mass is 9.77. The van der Waals surface area contributed by atoms with Crippen molar-refractivity contribution in [1.82, 2.24) is 10.2 Å². The number of hydrogen-bond donors (Lipinski definition) is 1. The van der Waals surface area contributed by atoms with Crippen LogP contribution in [0.5, 0.6) is 0 Å². The molecule has 0 bridgehead atoms. The van der Waals surface area contributed by atoms with E-state index < -0.39 is 0 Å². The van der Waals surface area contributed by atoms with Crippen LogP contribution in [0, 0.1) is 5.92 Å². The molecule has 1 aliphatic carbocycles. The Morgan fingerprint density at radius 2 is 2.28 bits per heavy atom. The van der Waals surface area contributed by atoms with Crippen LogP contribution in [0.3, 0.4) is 0 Å². The first-order valence-electron chi connectivity index (χ1n) is 6.80. The molecule has 1 aliphatic heterocycles. The van der Waals surface area contributed by atoms with E-state index in [0.717, 1.165) is 32.5 Å². The minimum Gasteiger partial charge on any atom is -0.342 e. The second kappa shape index (κ2) is 4.73. The van der Waals surface area contributed by atoms with Gasteiger partial charge in [-0.05, 0) is 43.5 Å². The maximum Gasteiger partial charge on any atom is 0.230 e. The molecular formula is C15H20N2O. The van der Waals surface area contributed by atoms with E-state index in [1.165, 1.54) is 11.1 Å². The number of carbonyl (C=O) groups excluding carboxylic acids is 1. The molecule has 1 heterocycles. The van der Waals surface area contributed by atoms with Crippen molar-refractivity contribution in [2.24, 2.45) is 5.92 Å². The minimum absolute atomic E-state index is 0.134. The lowest BCUT2D eigenvalue weighted by molar-refractivity contribution is -0.132. The fourth-order valence-electron chi connectivity index (χ4n) is 3.19. The van der Waals surface area contributed by atoms with Crippen molar-refractivity contribution in [2.75, 3.05) is 26.7 Å². The summed E-state index contributed by atoms with van der Waals surface area (Å²) in [6, 6.07) is 8.32. The van der Waals surface area contributed by atoms with Crippen LogP contribution in [0.1, 0.15) is 23.5 Å². The average molecular weight is 244 g/mol. The minimum atomic E-state index is 0.134. The highest BCUT2D eigenvalue weighted by Gasteiger charge is 2.36. The van der Waals surface area contributed by atoms with Crippen LogP contribution in [-0.2, 0) is 11.2 Å². The van der Waals surface area contributed by atoms with E-state index in [9.17, 15) is 4.79 Å². The number of likely N-dealkylation sites (tertiary alicyclic amines) is 1. The largest absolute Gasteiger partial charge is 0.342 e. The highest BCUT2D eigenvalue weighted by molar-refractivity contribution is 5.87. The summed E-state index contributed by atoms with van der Waals surface area (Å²) in [5, 5.41) is 3.20. The Morgan fingerprint density at radius 3 is 3.06 bits per heavy atom. The standard InChI is InChI=1S/C15H20N2O/c1-16-9-11-6-7-17(10-11)15(18)14-8-12-4-2-3-5-13(12)14/h2-5,11,14,16H,6-10H2,1H3. The summed E-state index contributed by atoms with van der Waals surface area (Å²) in [5.41, 5.74) is 2.60. The Labute approximate surface area is 108 Å². The maximum atomic E-state index is 12.4. The number of amides is 1. The van der Waals surface area contributed by atoms with E-state index in [-0.39, 0.29) is 5.92 Å². The number of fused-ring (bicyclic) bond motifs is 1. The van der Waals surface area contributed by atoms with Crippen LogP contribution in [0.15, 0.2) is 24.3 Å². The summed E-state index contributed by atoms with van der Waals surface area (Å²) in [6.45, 7) is 2.88. The Kier molecular flexibility index (Phi) is 3.08. The second-order valence-electron chi connectivity index (χ2n) is 5.45. The van der Waals surface area contributed by atoms with Crippen LogP contribution in [-0.4, -0.2) is 37.5 Å². The summed E-state index contributed by atoms with van der Waals surface area (Å²) in [6.07, 6.45) is 2.07. The quantitative estimate of drug-likeness (QED) is 0.871. The van der Waals surface area contributed by atoms with Crippen molar-refractivity contribution < 1.29 is 4.79 Å². The fourth-order valence-corrected chi connectivity index (χ4v) is 3.19. The zero-order valence-corrected chi connectivity index (χ0v) is 10.9. The van der Waals surface area contributed by atoms with E-state index in [0.29, 0.717) is 11.8 Å². The molecule has 1 fully saturated rings. The molecule has 0 radical (unpaired) electrons. The molecule has 96 valence electrons. The van der Waals surface area contributed by atoms with Crippen molar-refractivity contribution in [3.8, 4) is 0 Å². The lowest BCUT2D eigenvalue weighted by Crippen LogP contribution is -2.38. The fraction of sp³-hybridized carbons (Fsp3) is 0.533. The van der Waals surface area contributed by atoms with Gasteiger partial charge in [0.25, 0.3) is 0 Å². The Hall–Kier alpha value is -1.35. The van der Waals surface area contributed by atoms with Crippen LogP contribution < -0.4 is 5.32 Å². The topological polar surface area (TPSA) is 32.3 Å². The number of rotatable bonds is 3. The molecule has 2 aliphatic rings. The van der Waals surface area contributed by atoms with Crippen molar-refractivity contribution in [2.45, 2.75) is 18.8 Å². The SMILES string of the molecule is CNCC1CCN(C(=O)C2Cc3ccccc32)C1. The van der Waals surface area contributed by atoms with E-state index in [1.54, 1.807) is 0 Å². The number of benzene rings is 1. The van der Waals surface area contributed by atoms with Crippen molar-refractivity contribution in [3.63, 3.8) is 0 Å². The van der Waals surface area contributed by atoms with Gasteiger partial charge in [-0.1, -0.05) is 24.3 Å². The molecule has 2 unspecified atom stereocenters. The highest BCUT2D eigenvalue weighted by atomic mass is 16.2. The monoisotopic (exact) mass is 244 g/mol. The van der Waals surface area contributed by atoms with Crippen molar-refractivity contribution in [1.29, 1.82) is 0 Å². The number of carbonyl (C=O) groups is 1. The Bertz CT molecular complexity index is 458. The number of hydrogen-bond acceptors (Lipinski definition) is 2. The van der Waals surface area contributed by atoms with Gasteiger partial charge in [0.2, 0.25) is 5.91 Å². The van der Waals surface area contributed by atoms with Gasteiger partial charge < -0.3 is 10.2 Å². The summed E-state index contributed by atoms with van der Waals surface area (Å²) >= 11 is 0. The lowest BCUT2D eigenvalue weighted by Gasteiger charge is -2.32. The second-order valence-corrected chi connectivity index (χ2v) is 5.45. The van der Waals surface area contributed by atoms with Gasteiger partial charge in [-0.2, -0.15) is 0 Å². The predicted molar refractivity (Wildman–Crippen MR) is 71.5 cm³/mol. The zero-order chi connectivity index (χ0) is 12.5. The van der Waals surface area contributed by atoms with Gasteiger partial charge in [0, 0.05) is 13.1 Å². The van der Waals surface area contributed by atoms with Crippen LogP contribution in [0.25, 0.3) is 0 Å². The Morgan fingerprint density at radius 1 is 1.44 bits per heavy atom. The van der Waals surface area contributed by atoms with Gasteiger partial charge in [0.05, 0.1) is 5.92 Å². The molecule has 0 saturated carbocycles. The average Bonchev–Trinajstić information content (AvgIpc) is 2.80. The third kappa shape index (κ3) is 1.93. The summed E-state index contributed by atoms with van der Waals surface area (Å²) < 4.78 is 0. The first-order valence-corrected chi connectivity index (χ1v) is 6.80. The molecule has 0 spiro atoms. The molecule has 3 heteroatoms. The molecule has 1 N–H and O–H groups in total. The first-order chi connectivity index (χ1) is 8.79. The third-order valence-electron chi connectivity index (χ3n) is 4.24. The van der Waals surface area contributed by atoms with E-state index >= 15 is 0 Å². The molecule has 2 atom stereocenters. The highest BCUT2D eigenvalue weighted by Crippen LogP contribution is 2.37. The van der Waals surface area contributed by atoms with Crippen molar-refractivity contribution in [3.05, 3.63) is 35.4 Å². The number of nitrogens with one attached hydrogen (secondary N) is 1. The maximum absolute atomic E-state index is 12.4. The molecule has 0 aromatic heterocycles. The van der Waals surface area contributed by atoms with Gasteiger partial charge in [0.1, 0.15) is 0 Å². The summed E-state index contributed by atoms with van der Waals surface area (Å²) in [5.74, 6) is 1.11. The van der Waals surface area contributed by atoms with Gasteiger partial charge >= 0.3 is 0 Å². The molecule has 1 aromatic carbocycles. The molecule has 1 aromatic rings. The zero-order valence-electron chi connectivity index (χ0n) is 10.9. The van der Waals surface area contributed by atoms with Crippen molar-refractivity contribution >= 4 is 5.91 Å². The Balaban J connectivity index is 1.64. The predicted octanol–water partition coefficient (Wildman–Crippen LogP) is 1.39.